The largest absolute Gasteiger partial charge is 0.298 e. The highest BCUT2D eigenvalue weighted by molar-refractivity contribution is 7.99. The van der Waals surface area contributed by atoms with Gasteiger partial charge >= 0.3 is 0 Å². The van der Waals surface area contributed by atoms with Gasteiger partial charge in [-0.3, -0.25) is 14.9 Å². The number of hydrogen-bond acceptors (Lipinski definition) is 4. The summed E-state index contributed by atoms with van der Waals surface area (Å²) in [6.45, 7) is 0. The first-order valence-electron chi connectivity index (χ1n) is 5.18. The maximum atomic E-state index is 10.9. The van der Waals surface area contributed by atoms with Crippen LogP contribution in [0.2, 0.25) is 0 Å². The average molecular weight is 259 g/mol. The summed E-state index contributed by atoms with van der Waals surface area (Å²) < 4.78 is 0. The molecule has 90 valence electrons. The molecule has 0 aliphatic carbocycles. The summed E-state index contributed by atoms with van der Waals surface area (Å²) in [6.07, 6.45) is 0.747. The number of benzene rings is 2. The van der Waals surface area contributed by atoms with Crippen LogP contribution in [0.4, 0.5) is 5.69 Å². The number of nitrogens with zero attached hydrogens (tertiary/aromatic N) is 1. The Hall–Kier alpha value is -2.14. The molecule has 18 heavy (non-hydrogen) atoms. The van der Waals surface area contributed by atoms with Crippen LogP contribution in [-0.4, -0.2) is 11.2 Å². The highest BCUT2D eigenvalue weighted by Crippen LogP contribution is 2.35. The van der Waals surface area contributed by atoms with E-state index in [1.807, 2.05) is 0 Å². The second-order valence-corrected chi connectivity index (χ2v) is 4.57. The van der Waals surface area contributed by atoms with E-state index in [9.17, 15) is 14.9 Å². The van der Waals surface area contributed by atoms with Gasteiger partial charge in [-0.2, -0.15) is 0 Å². The molecule has 0 saturated heterocycles. The number of carbonyl (C=O) groups is 1. The molecule has 0 aliphatic heterocycles. The molecule has 0 atom stereocenters. The SMILES string of the molecule is O=Cc1ccccc1Sc1ccccc1[N+](=O)[O-]. The Morgan fingerprint density at radius 3 is 2.28 bits per heavy atom. The third-order valence-corrected chi connectivity index (χ3v) is 3.48. The van der Waals surface area contributed by atoms with Gasteiger partial charge in [0.15, 0.2) is 6.29 Å². The first kappa shape index (κ1) is 12.3. The van der Waals surface area contributed by atoms with Crippen LogP contribution in [0.5, 0.6) is 0 Å². The van der Waals surface area contributed by atoms with E-state index in [4.69, 9.17) is 0 Å². The lowest BCUT2D eigenvalue weighted by Crippen LogP contribution is -1.91. The molecule has 2 aromatic rings. The molecule has 0 aromatic heterocycles. The zero-order valence-corrected chi connectivity index (χ0v) is 10.1. The fourth-order valence-corrected chi connectivity index (χ4v) is 2.49. The Kier molecular flexibility index (Phi) is 3.74. The molecule has 0 N–H and O–H groups in total. The predicted molar refractivity (Wildman–Crippen MR) is 69.0 cm³/mol. The summed E-state index contributed by atoms with van der Waals surface area (Å²) >= 11 is 1.22. The minimum absolute atomic E-state index is 0.0446. The zero-order chi connectivity index (χ0) is 13.0. The van der Waals surface area contributed by atoms with Gasteiger partial charge in [0.2, 0.25) is 0 Å². The molecular formula is C13H9NO3S. The van der Waals surface area contributed by atoms with Gasteiger partial charge in [-0.25, -0.2) is 0 Å². The number of rotatable bonds is 4. The van der Waals surface area contributed by atoms with E-state index in [0.717, 1.165) is 6.29 Å². The van der Waals surface area contributed by atoms with Crippen molar-refractivity contribution in [2.75, 3.05) is 0 Å². The lowest BCUT2D eigenvalue weighted by atomic mass is 10.2. The van der Waals surface area contributed by atoms with Crippen LogP contribution >= 0.6 is 11.8 Å². The summed E-state index contributed by atoms with van der Waals surface area (Å²) in [7, 11) is 0. The van der Waals surface area contributed by atoms with Gasteiger partial charge in [0.05, 0.1) is 9.82 Å². The third-order valence-electron chi connectivity index (χ3n) is 2.33. The van der Waals surface area contributed by atoms with E-state index in [2.05, 4.69) is 0 Å². The highest BCUT2D eigenvalue weighted by Gasteiger charge is 2.14. The van der Waals surface area contributed by atoms with Crippen molar-refractivity contribution in [2.45, 2.75) is 9.79 Å². The second kappa shape index (κ2) is 5.46. The van der Waals surface area contributed by atoms with Gasteiger partial charge in [0.25, 0.3) is 5.69 Å². The first-order chi connectivity index (χ1) is 8.72. The molecule has 0 fully saturated rings. The van der Waals surface area contributed by atoms with E-state index in [1.54, 1.807) is 42.5 Å². The molecular weight excluding hydrogens is 250 g/mol. The van der Waals surface area contributed by atoms with Crippen molar-refractivity contribution in [1.29, 1.82) is 0 Å². The molecule has 0 bridgehead atoms. The van der Waals surface area contributed by atoms with Crippen molar-refractivity contribution in [2.24, 2.45) is 0 Å². The molecule has 0 radical (unpaired) electrons. The van der Waals surface area contributed by atoms with Gasteiger partial charge in [-0.1, -0.05) is 42.1 Å². The van der Waals surface area contributed by atoms with Crippen LogP contribution in [0.25, 0.3) is 0 Å². The molecule has 0 amide bonds. The Morgan fingerprint density at radius 1 is 1.00 bits per heavy atom. The number of carbonyl (C=O) groups excluding carboxylic acids is 1. The third kappa shape index (κ3) is 2.57. The number of nitro groups is 1. The smallest absolute Gasteiger partial charge is 0.283 e. The van der Waals surface area contributed by atoms with Crippen molar-refractivity contribution in [3.63, 3.8) is 0 Å². The monoisotopic (exact) mass is 259 g/mol. The van der Waals surface area contributed by atoms with E-state index in [0.29, 0.717) is 15.4 Å². The molecule has 0 saturated carbocycles. The Labute approximate surface area is 108 Å². The first-order valence-corrected chi connectivity index (χ1v) is 5.99. The Bertz CT molecular complexity index is 598. The topological polar surface area (TPSA) is 60.2 Å². The maximum Gasteiger partial charge on any atom is 0.283 e. The summed E-state index contributed by atoms with van der Waals surface area (Å²) in [4.78, 5) is 22.6. The lowest BCUT2D eigenvalue weighted by Gasteiger charge is -2.04. The molecule has 0 unspecified atom stereocenters. The summed E-state index contributed by atoms with van der Waals surface area (Å²) in [5.74, 6) is 0. The van der Waals surface area contributed by atoms with Gasteiger partial charge in [0.1, 0.15) is 0 Å². The van der Waals surface area contributed by atoms with Crippen LogP contribution in [0, 0.1) is 10.1 Å². The van der Waals surface area contributed by atoms with Crippen molar-refractivity contribution in [1.82, 2.24) is 0 Å². The van der Waals surface area contributed by atoms with Crippen molar-refractivity contribution < 1.29 is 9.72 Å². The van der Waals surface area contributed by atoms with Crippen LogP contribution in [-0.2, 0) is 0 Å². The highest BCUT2D eigenvalue weighted by atomic mass is 32.2. The minimum atomic E-state index is -0.425. The summed E-state index contributed by atoms with van der Waals surface area (Å²) in [5.41, 5.74) is 0.573. The predicted octanol–water partition coefficient (Wildman–Crippen LogP) is 3.56. The molecule has 5 heteroatoms. The van der Waals surface area contributed by atoms with Crippen molar-refractivity contribution in [3.05, 3.63) is 64.2 Å². The Balaban J connectivity index is 2.40. The van der Waals surface area contributed by atoms with Crippen LogP contribution in [0.15, 0.2) is 58.3 Å². The summed E-state index contributed by atoms with van der Waals surface area (Å²) in [5, 5.41) is 10.9. The van der Waals surface area contributed by atoms with Gasteiger partial charge in [-0.05, 0) is 12.1 Å². The molecule has 2 aromatic carbocycles. The molecule has 2 rings (SSSR count). The van der Waals surface area contributed by atoms with Gasteiger partial charge < -0.3 is 0 Å². The molecule has 0 spiro atoms. The normalized spacial score (nSPS) is 10.0. The second-order valence-electron chi connectivity index (χ2n) is 3.48. The van der Waals surface area contributed by atoms with E-state index < -0.39 is 4.92 Å². The zero-order valence-electron chi connectivity index (χ0n) is 9.28. The van der Waals surface area contributed by atoms with E-state index in [-0.39, 0.29) is 5.69 Å². The van der Waals surface area contributed by atoms with E-state index >= 15 is 0 Å². The standard InChI is InChI=1S/C13H9NO3S/c15-9-10-5-1-3-7-12(10)18-13-8-4-2-6-11(13)14(16)17/h1-9H. The lowest BCUT2D eigenvalue weighted by molar-refractivity contribution is -0.387. The van der Waals surface area contributed by atoms with Crippen LogP contribution in [0.3, 0.4) is 0 Å². The molecule has 0 aliphatic rings. The number of hydrogen-bond donors (Lipinski definition) is 0. The van der Waals surface area contributed by atoms with Crippen LogP contribution in [0.1, 0.15) is 10.4 Å². The molecule has 4 nitrogen and oxygen atoms in total. The maximum absolute atomic E-state index is 10.9. The quantitative estimate of drug-likeness (QED) is 0.478. The van der Waals surface area contributed by atoms with Gasteiger partial charge in [-0.15, -0.1) is 0 Å². The van der Waals surface area contributed by atoms with Gasteiger partial charge in [0, 0.05) is 16.5 Å². The average Bonchev–Trinajstić information content (AvgIpc) is 2.40. The fourth-order valence-electron chi connectivity index (χ4n) is 1.48. The van der Waals surface area contributed by atoms with E-state index in [1.165, 1.54) is 17.8 Å². The minimum Gasteiger partial charge on any atom is -0.298 e. The number of para-hydroxylation sites is 1. The van der Waals surface area contributed by atoms with Crippen molar-refractivity contribution in [3.8, 4) is 0 Å². The fraction of sp³-hybridized carbons (Fsp3) is 0. The number of nitro benzene ring substituents is 1. The summed E-state index contributed by atoms with van der Waals surface area (Å²) in [6, 6.07) is 13.5. The van der Waals surface area contributed by atoms with Crippen LogP contribution < -0.4 is 0 Å². The molecule has 0 heterocycles. The Morgan fingerprint density at radius 2 is 1.61 bits per heavy atom. The number of aldehydes is 1. The van der Waals surface area contributed by atoms with Crippen molar-refractivity contribution >= 4 is 23.7 Å².